The normalized spacial score (nSPS) is 14.7. The van der Waals surface area contributed by atoms with E-state index in [-0.39, 0.29) is 0 Å². The first-order valence-corrected chi connectivity index (χ1v) is 3.27. The molecule has 0 saturated heterocycles. The van der Waals surface area contributed by atoms with Crippen LogP contribution in [0.1, 0.15) is 6.92 Å². The molecule has 0 spiro atoms. The van der Waals surface area contributed by atoms with E-state index in [4.69, 9.17) is 4.55 Å². The smallest absolute Gasteiger partial charge is 0.356 e. The fourth-order valence-corrected chi connectivity index (χ4v) is 0.399. The molecule has 52 valence electrons. The molecular formula is C5H8O3S. The van der Waals surface area contributed by atoms with Crippen LogP contribution in [0.3, 0.4) is 0 Å². The SMILES string of the molecule is C=CC(C)=COS(=O)O. The van der Waals surface area contributed by atoms with Crippen molar-refractivity contribution >= 4 is 11.4 Å². The number of hydrogen-bond acceptors (Lipinski definition) is 2. The minimum absolute atomic E-state index is 0.706. The third-order valence-electron chi connectivity index (χ3n) is 0.638. The highest BCUT2D eigenvalue weighted by atomic mass is 32.2. The van der Waals surface area contributed by atoms with Gasteiger partial charge in [0.15, 0.2) is 0 Å². The van der Waals surface area contributed by atoms with E-state index in [1.165, 1.54) is 12.3 Å². The maximum Gasteiger partial charge on any atom is 0.356 e. The summed E-state index contributed by atoms with van der Waals surface area (Å²) in [5.41, 5.74) is 0.706. The molecule has 1 N–H and O–H groups in total. The van der Waals surface area contributed by atoms with Crippen LogP contribution in [-0.4, -0.2) is 8.76 Å². The maximum absolute atomic E-state index is 9.83. The molecule has 0 aromatic rings. The highest BCUT2D eigenvalue weighted by Gasteiger charge is 1.85. The molecule has 3 nitrogen and oxygen atoms in total. The Balaban J connectivity index is 3.69. The average molecular weight is 148 g/mol. The van der Waals surface area contributed by atoms with Crippen LogP contribution in [0.25, 0.3) is 0 Å². The zero-order chi connectivity index (χ0) is 7.28. The highest BCUT2D eigenvalue weighted by molar-refractivity contribution is 7.74. The standard InChI is InChI=1S/C5H8O3S/c1-3-5(2)4-8-9(6)7/h3-4H,1H2,2H3,(H,6,7). The van der Waals surface area contributed by atoms with Gasteiger partial charge in [0.1, 0.15) is 6.26 Å². The molecule has 0 rings (SSSR count). The van der Waals surface area contributed by atoms with E-state index in [2.05, 4.69) is 10.8 Å². The molecule has 0 aromatic carbocycles. The first kappa shape index (κ1) is 8.39. The van der Waals surface area contributed by atoms with E-state index < -0.39 is 11.4 Å². The molecule has 0 aromatic heterocycles. The Morgan fingerprint density at radius 2 is 2.44 bits per heavy atom. The van der Waals surface area contributed by atoms with Crippen LogP contribution in [0.4, 0.5) is 0 Å². The molecule has 0 fully saturated rings. The number of hydrogen-bond donors (Lipinski definition) is 1. The van der Waals surface area contributed by atoms with Crippen molar-refractivity contribution in [1.29, 1.82) is 0 Å². The zero-order valence-electron chi connectivity index (χ0n) is 5.03. The van der Waals surface area contributed by atoms with E-state index in [9.17, 15) is 4.21 Å². The lowest BCUT2D eigenvalue weighted by atomic mass is 10.3. The van der Waals surface area contributed by atoms with Gasteiger partial charge in [-0.25, -0.2) is 0 Å². The van der Waals surface area contributed by atoms with Gasteiger partial charge in [0, 0.05) is 0 Å². The van der Waals surface area contributed by atoms with Crippen molar-refractivity contribution in [2.75, 3.05) is 0 Å². The van der Waals surface area contributed by atoms with Gasteiger partial charge in [0.05, 0.1) is 0 Å². The molecule has 0 aliphatic carbocycles. The predicted octanol–water partition coefficient (Wildman–Crippen LogP) is 1.23. The third kappa shape index (κ3) is 5.26. The molecule has 0 saturated carbocycles. The van der Waals surface area contributed by atoms with E-state index in [1.54, 1.807) is 6.92 Å². The van der Waals surface area contributed by atoms with E-state index in [0.717, 1.165) is 0 Å². The molecule has 1 atom stereocenters. The molecule has 0 amide bonds. The highest BCUT2D eigenvalue weighted by Crippen LogP contribution is 1.93. The van der Waals surface area contributed by atoms with Gasteiger partial charge in [0.2, 0.25) is 0 Å². The Labute approximate surface area is 56.5 Å². The number of allylic oxidation sites excluding steroid dienone is 2. The summed E-state index contributed by atoms with van der Waals surface area (Å²) in [4.78, 5) is 0. The van der Waals surface area contributed by atoms with E-state index in [0.29, 0.717) is 5.57 Å². The Kier molecular flexibility index (Phi) is 4.00. The summed E-state index contributed by atoms with van der Waals surface area (Å²) < 4.78 is 22.1. The Morgan fingerprint density at radius 3 is 2.78 bits per heavy atom. The second-order valence-corrected chi connectivity index (χ2v) is 2.01. The average Bonchev–Trinajstić information content (AvgIpc) is 1.83. The summed E-state index contributed by atoms with van der Waals surface area (Å²) in [5, 5.41) is 0. The summed E-state index contributed by atoms with van der Waals surface area (Å²) in [7, 11) is 0. The lowest BCUT2D eigenvalue weighted by molar-refractivity contribution is 0.418. The van der Waals surface area contributed by atoms with Crippen molar-refractivity contribution in [1.82, 2.24) is 0 Å². The van der Waals surface area contributed by atoms with Gasteiger partial charge in [0.25, 0.3) is 0 Å². The molecule has 0 bridgehead atoms. The lowest BCUT2D eigenvalue weighted by Crippen LogP contribution is -1.86. The quantitative estimate of drug-likeness (QED) is 0.372. The summed E-state index contributed by atoms with van der Waals surface area (Å²) >= 11 is -2.21. The van der Waals surface area contributed by atoms with Crippen LogP contribution >= 0.6 is 0 Å². The third-order valence-corrected chi connectivity index (χ3v) is 0.899. The van der Waals surface area contributed by atoms with Crippen LogP contribution in [0.5, 0.6) is 0 Å². The Morgan fingerprint density at radius 1 is 1.89 bits per heavy atom. The van der Waals surface area contributed by atoms with Crippen molar-refractivity contribution < 1.29 is 12.9 Å². The van der Waals surface area contributed by atoms with Crippen molar-refractivity contribution in [3.05, 3.63) is 24.5 Å². The lowest BCUT2D eigenvalue weighted by Gasteiger charge is -1.90. The van der Waals surface area contributed by atoms with Crippen LogP contribution in [0, 0.1) is 0 Å². The zero-order valence-corrected chi connectivity index (χ0v) is 5.85. The summed E-state index contributed by atoms with van der Waals surface area (Å²) in [6.07, 6.45) is 2.69. The second kappa shape index (κ2) is 4.29. The van der Waals surface area contributed by atoms with Crippen molar-refractivity contribution in [3.63, 3.8) is 0 Å². The minimum Gasteiger partial charge on any atom is -0.388 e. The van der Waals surface area contributed by atoms with Crippen LogP contribution in [0.15, 0.2) is 24.5 Å². The fourth-order valence-electron chi connectivity index (χ4n) is 0.165. The number of rotatable bonds is 3. The van der Waals surface area contributed by atoms with Crippen molar-refractivity contribution in [3.8, 4) is 0 Å². The van der Waals surface area contributed by atoms with Gasteiger partial charge in [-0.15, -0.1) is 0 Å². The van der Waals surface area contributed by atoms with Gasteiger partial charge in [-0.05, 0) is 12.5 Å². The molecular weight excluding hydrogens is 140 g/mol. The second-order valence-electron chi connectivity index (χ2n) is 1.38. The van der Waals surface area contributed by atoms with Crippen LogP contribution in [-0.2, 0) is 15.5 Å². The first-order valence-electron chi connectivity index (χ1n) is 2.24. The van der Waals surface area contributed by atoms with Crippen LogP contribution < -0.4 is 0 Å². The van der Waals surface area contributed by atoms with Crippen LogP contribution in [0.2, 0.25) is 0 Å². The largest absolute Gasteiger partial charge is 0.388 e. The fraction of sp³-hybridized carbons (Fsp3) is 0.200. The van der Waals surface area contributed by atoms with E-state index >= 15 is 0 Å². The molecule has 0 radical (unpaired) electrons. The van der Waals surface area contributed by atoms with Gasteiger partial charge in [-0.3, -0.25) is 4.55 Å². The van der Waals surface area contributed by atoms with Crippen molar-refractivity contribution in [2.24, 2.45) is 0 Å². The van der Waals surface area contributed by atoms with E-state index in [1.807, 2.05) is 0 Å². The monoisotopic (exact) mass is 148 g/mol. The Bertz CT molecular complexity index is 150. The maximum atomic E-state index is 9.83. The van der Waals surface area contributed by atoms with Gasteiger partial charge in [-0.2, -0.15) is 4.21 Å². The molecule has 0 aliphatic rings. The molecule has 4 heteroatoms. The topological polar surface area (TPSA) is 46.5 Å². The van der Waals surface area contributed by atoms with Crippen molar-refractivity contribution in [2.45, 2.75) is 6.92 Å². The predicted molar refractivity (Wildman–Crippen MR) is 35.8 cm³/mol. The van der Waals surface area contributed by atoms with Gasteiger partial charge in [-0.1, -0.05) is 12.7 Å². The molecule has 9 heavy (non-hydrogen) atoms. The Hall–Kier alpha value is -0.610. The van der Waals surface area contributed by atoms with Gasteiger partial charge >= 0.3 is 11.4 Å². The molecule has 0 heterocycles. The minimum atomic E-state index is -2.21. The van der Waals surface area contributed by atoms with Gasteiger partial charge < -0.3 is 4.18 Å². The molecule has 1 unspecified atom stereocenters. The molecule has 0 aliphatic heterocycles. The summed E-state index contributed by atoms with van der Waals surface area (Å²) in [5.74, 6) is 0. The summed E-state index contributed by atoms with van der Waals surface area (Å²) in [6.45, 7) is 5.12. The first-order chi connectivity index (χ1) is 4.16. The summed E-state index contributed by atoms with van der Waals surface area (Å²) in [6, 6.07) is 0.